The van der Waals surface area contributed by atoms with Crippen LogP contribution in [0.4, 0.5) is 5.13 Å². The van der Waals surface area contributed by atoms with Crippen molar-refractivity contribution in [2.45, 2.75) is 19.4 Å². The third-order valence-corrected chi connectivity index (χ3v) is 5.66. The van der Waals surface area contributed by atoms with Crippen molar-refractivity contribution in [2.24, 2.45) is 0 Å². The maximum atomic E-state index is 12.4. The van der Waals surface area contributed by atoms with Crippen molar-refractivity contribution in [1.29, 1.82) is 0 Å². The molecule has 3 heterocycles. The molecule has 0 saturated carbocycles. The molecule has 1 amide bonds. The van der Waals surface area contributed by atoms with E-state index in [4.69, 9.17) is 0 Å². The summed E-state index contributed by atoms with van der Waals surface area (Å²) < 4.78 is 0. The lowest BCUT2D eigenvalue weighted by Crippen LogP contribution is -2.24. The molecule has 0 spiro atoms. The van der Waals surface area contributed by atoms with Gasteiger partial charge >= 0.3 is 0 Å². The number of carbonyl (C=O) groups is 1. The molecule has 130 valence electrons. The van der Waals surface area contributed by atoms with Gasteiger partial charge in [-0.1, -0.05) is 23.5 Å². The molecule has 3 aromatic rings. The number of thiophene rings is 1. The Morgan fingerprint density at radius 3 is 3.00 bits per heavy atom. The van der Waals surface area contributed by atoms with E-state index < -0.39 is 0 Å². The molecular formula is C17H17ClN4OS2. The Kier molecular flexibility index (Phi) is 5.80. The number of anilines is 1. The predicted octanol–water partition coefficient (Wildman–Crippen LogP) is 3.51. The maximum absolute atomic E-state index is 12.4. The third-order valence-electron chi connectivity index (χ3n) is 3.95. The first-order valence-corrected chi connectivity index (χ1v) is 9.46. The molecule has 0 fully saturated rings. The van der Waals surface area contributed by atoms with Crippen LogP contribution >= 0.6 is 35.1 Å². The van der Waals surface area contributed by atoms with Gasteiger partial charge in [-0.25, -0.2) is 0 Å². The largest absolute Gasteiger partial charge is 0.312 e. The highest BCUT2D eigenvalue weighted by Crippen LogP contribution is 2.22. The van der Waals surface area contributed by atoms with Gasteiger partial charge in [-0.15, -0.1) is 33.9 Å². The summed E-state index contributed by atoms with van der Waals surface area (Å²) in [4.78, 5) is 13.7. The van der Waals surface area contributed by atoms with E-state index >= 15 is 0 Å². The van der Waals surface area contributed by atoms with Crippen molar-refractivity contribution in [3.05, 3.63) is 62.3 Å². The summed E-state index contributed by atoms with van der Waals surface area (Å²) in [6, 6.07) is 9.98. The third kappa shape index (κ3) is 4.24. The molecule has 2 N–H and O–H groups in total. The summed E-state index contributed by atoms with van der Waals surface area (Å²) in [5.41, 5.74) is 3.19. The monoisotopic (exact) mass is 392 g/mol. The van der Waals surface area contributed by atoms with Crippen molar-refractivity contribution >= 4 is 46.1 Å². The number of benzene rings is 1. The molecule has 0 aliphatic carbocycles. The molecule has 2 aromatic heterocycles. The van der Waals surface area contributed by atoms with Gasteiger partial charge in [0.25, 0.3) is 5.91 Å². The molecule has 1 aliphatic rings. The van der Waals surface area contributed by atoms with Crippen LogP contribution in [0.2, 0.25) is 0 Å². The number of fused-ring (bicyclic) bond motifs is 1. The lowest BCUT2D eigenvalue weighted by Gasteiger charge is -2.17. The second-order valence-electron chi connectivity index (χ2n) is 5.62. The highest BCUT2D eigenvalue weighted by atomic mass is 35.5. The van der Waals surface area contributed by atoms with Crippen LogP contribution in [-0.4, -0.2) is 22.6 Å². The van der Waals surface area contributed by atoms with Crippen LogP contribution in [0.25, 0.3) is 0 Å². The zero-order chi connectivity index (χ0) is 16.4. The minimum Gasteiger partial charge on any atom is -0.312 e. The van der Waals surface area contributed by atoms with Crippen molar-refractivity contribution in [3.63, 3.8) is 0 Å². The molecule has 0 saturated heterocycles. The van der Waals surface area contributed by atoms with E-state index in [0.29, 0.717) is 10.7 Å². The quantitative estimate of drug-likeness (QED) is 0.713. The first-order chi connectivity index (χ1) is 11.8. The van der Waals surface area contributed by atoms with Crippen molar-refractivity contribution < 1.29 is 4.79 Å². The number of hydrogen-bond acceptors (Lipinski definition) is 6. The van der Waals surface area contributed by atoms with Gasteiger partial charge in [0.1, 0.15) is 5.01 Å². The SMILES string of the molecule is Cl.O=C(Nc1nnc(Cc2cccs2)s1)c1ccc2c(c1)CCNC2. The van der Waals surface area contributed by atoms with Crippen LogP contribution in [0.15, 0.2) is 35.7 Å². The molecule has 0 atom stereocenters. The Labute approximate surface area is 159 Å². The number of hydrogen-bond donors (Lipinski definition) is 2. The molecule has 0 unspecified atom stereocenters. The van der Waals surface area contributed by atoms with Crippen molar-refractivity contribution in [2.75, 3.05) is 11.9 Å². The van der Waals surface area contributed by atoms with E-state index in [1.807, 2.05) is 29.6 Å². The summed E-state index contributed by atoms with van der Waals surface area (Å²) in [7, 11) is 0. The molecule has 25 heavy (non-hydrogen) atoms. The second-order valence-corrected chi connectivity index (χ2v) is 7.72. The van der Waals surface area contributed by atoms with Crippen LogP contribution in [0.3, 0.4) is 0 Å². The number of rotatable bonds is 4. The van der Waals surface area contributed by atoms with Gasteiger partial charge in [0.2, 0.25) is 5.13 Å². The fourth-order valence-electron chi connectivity index (χ4n) is 2.73. The van der Waals surface area contributed by atoms with Crippen LogP contribution in [0, 0.1) is 0 Å². The minimum absolute atomic E-state index is 0. The van der Waals surface area contributed by atoms with Crippen molar-refractivity contribution in [1.82, 2.24) is 15.5 Å². The summed E-state index contributed by atoms with van der Waals surface area (Å²) in [5, 5.41) is 17.9. The van der Waals surface area contributed by atoms with Crippen LogP contribution in [0.1, 0.15) is 31.4 Å². The lowest BCUT2D eigenvalue weighted by molar-refractivity contribution is 0.102. The number of carbonyl (C=O) groups excluding carboxylic acids is 1. The standard InChI is InChI=1S/C17H16N4OS2.ClH/c22-16(12-3-4-13-10-18-6-5-11(13)8-12)19-17-21-20-15(24-17)9-14-2-1-7-23-14;/h1-4,7-8,18H,5-6,9-10H2,(H,19,21,22);1H. The molecule has 1 aromatic carbocycles. The highest BCUT2D eigenvalue weighted by Gasteiger charge is 2.14. The number of halogens is 1. The van der Waals surface area contributed by atoms with Crippen LogP contribution in [-0.2, 0) is 19.4 Å². The van der Waals surface area contributed by atoms with E-state index in [-0.39, 0.29) is 18.3 Å². The Balaban J connectivity index is 0.00000182. The van der Waals surface area contributed by atoms with E-state index in [1.165, 1.54) is 27.3 Å². The van der Waals surface area contributed by atoms with Gasteiger partial charge in [0, 0.05) is 23.4 Å². The van der Waals surface area contributed by atoms with E-state index in [0.717, 1.165) is 30.9 Å². The Bertz CT molecular complexity index is 863. The van der Waals surface area contributed by atoms with Gasteiger partial charge in [0.15, 0.2) is 0 Å². The summed E-state index contributed by atoms with van der Waals surface area (Å²) in [6.45, 7) is 1.83. The molecule has 5 nitrogen and oxygen atoms in total. The molecule has 4 rings (SSSR count). The highest BCUT2D eigenvalue weighted by molar-refractivity contribution is 7.15. The Morgan fingerprint density at radius 1 is 1.24 bits per heavy atom. The van der Waals surface area contributed by atoms with Gasteiger partial charge in [-0.05, 0) is 47.7 Å². The molecular weight excluding hydrogens is 376 g/mol. The average molecular weight is 393 g/mol. The molecule has 0 bridgehead atoms. The van der Waals surface area contributed by atoms with E-state index in [1.54, 1.807) is 11.3 Å². The summed E-state index contributed by atoms with van der Waals surface area (Å²) in [5.74, 6) is -0.129. The Hall–Kier alpha value is -1.80. The number of amides is 1. The topological polar surface area (TPSA) is 66.9 Å². The average Bonchev–Trinajstić information content (AvgIpc) is 3.27. The van der Waals surface area contributed by atoms with Gasteiger partial charge < -0.3 is 5.32 Å². The number of nitrogens with zero attached hydrogens (tertiary/aromatic N) is 2. The first-order valence-electron chi connectivity index (χ1n) is 7.76. The fraction of sp³-hybridized carbons (Fsp3) is 0.235. The first kappa shape index (κ1) is 18.0. The van der Waals surface area contributed by atoms with E-state index in [9.17, 15) is 4.79 Å². The normalized spacial score (nSPS) is 13.0. The number of nitrogens with one attached hydrogen (secondary N) is 2. The maximum Gasteiger partial charge on any atom is 0.257 e. The smallest absolute Gasteiger partial charge is 0.257 e. The van der Waals surface area contributed by atoms with Gasteiger partial charge in [-0.2, -0.15) is 0 Å². The predicted molar refractivity (Wildman–Crippen MR) is 104 cm³/mol. The minimum atomic E-state index is -0.129. The summed E-state index contributed by atoms with van der Waals surface area (Å²) in [6.07, 6.45) is 1.72. The molecule has 8 heteroatoms. The zero-order valence-electron chi connectivity index (χ0n) is 13.3. The number of aromatic nitrogens is 2. The van der Waals surface area contributed by atoms with Crippen LogP contribution in [0.5, 0.6) is 0 Å². The van der Waals surface area contributed by atoms with Crippen LogP contribution < -0.4 is 10.6 Å². The Morgan fingerprint density at radius 2 is 2.16 bits per heavy atom. The van der Waals surface area contributed by atoms with Crippen molar-refractivity contribution in [3.8, 4) is 0 Å². The summed E-state index contributed by atoms with van der Waals surface area (Å²) >= 11 is 3.12. The molecule has 1 aliphatic heterocycles. The second kappa shape index (κ2) is 8.05. The molecule has 0 radical (unpaired) electrons. The van der Waals surface area contributed by atoms with E-state index in [2.05, 4.69) is 26.9 Å². The van der Waals surface area contributed by atoms with Gasteiger partial charge in [0.05, 0.1) is 0 Å². The van der Waals surface area contributed by atoms with Gasteiger partial charge in [-0.3, -0.25) is 10.1 Å². The zero-order valence-corrected chi connectivity index (χ0v) is 15.8. The lowest BCUT2D eigenvalue weighted by atomic mass is 9.98. The fourth-order valence-corrected chi connectivity index (χ4v) is 4.28.